The monoisotopic (exact) mass is 261 g/mol. The Morgan fingerprint density at radius 3 is 2.74 bits per heavy atom. The fraction of sp³-hybridized carbons (Fsp3) is 0.467. The van der Waals surface area contributed by atoms with E-state index in [1.807, 2.05) is 13.8 Å². The fourth-order valence-corrected chi connectivity index (χ4v) is 1.69. The van der Waals surface area contributed by atoms with Gasteiger partial charge in [0.2, 0.25) is 0 Å². The average Bonchev–Trinajstić information content (AvgIpc) is 2.43. The van der Waals surface area contributed by atoms with Gasteiger partial charge < -0.3 is 9.47 Å². The van der Waals surface area contributed by atoms with Gasteiger partial charge in [-0.15, -0.1) is 0 Å². The first-order chi connectivity index (χ1) is 9.04. The SMILES string of the molecule is COc1cccc(C=O)c1OCCCC(C)(C)C#N. The van der Waals surface area contributed by atoms with E-state index < -0.39 is 0 Å². The zero-order valence-electron chi connectivity index (χ0n) is 11.6. The van der Waals surface area contributed by atoms with Crippen molar-refractivity contribution in [1.82, 2.24) is 0 Å². The van der Waals surface area contributed by atoms with Crippen molar-refractivity contribution in [2.75, 3.05) is 13.7 Å². The van der Waals surface area contributed by atoms with Crippen LogP contribution in [0, 0.1) is 16.7 Å². The highest BCUT2D eigenvalue weighted by atomic mass is 16.5. The van der Waals surface area contributed by atoms with Crippen molar-refractivity contribution in [3.8, 4) is 17.6 Å². The number of carbonyl (C=O) groups excluding carboxylic acids is 1. The van der Waals surface area contributed by atoms with Crippen LogP contribution in [-0.2, 0) is 0 Å². The van der Waals surface area contributed by atoms with E-state index in [0.717, 1.165) is 19.1 Å². The van der Waals surface area contributed by atoms with Gasteiger partial charge in [-0.3, -0.25) is 4.79 Å². The van der Waals surface area contributed by atoms with Crippen LogP contribution in [-0.4, -0.2) is 20.0 Å². The van der Waals surface area contributed by atoms with Crippen LogP contribution in [0.1, 0.15) is 37.0 Å². The Morgan fingerprint density at radius 2 is 2.16 bits per heavy atom. The van der Waals surface area contributed by atoms with Gasteiger partial charge in [0.15, 0.2) is 17.8 Å². The summed E-state index contributed by atoms with van der Waals surface area (Å²) in [4.78, 5) is 11.0. The molecule has 1 aromatic carbocycles. The molecule has 0 spiro atoms. The first kappa shape index (κ1) is 15.0. The molecule has 1 rings (SSSR count). The molecule has 0 radical (unpaired) electrons. The van der Waals surface area contributed by atoms with E-state index in [1.165, 1.54) is 7.11 Å². The highest BCUT2D eigenvalue weighted by Gasteiger charge is 2.16. The first-order valence-electron chi connectivity index (χ1n) is 6.20. The Kier molecular flexibility index (Phi) is 5.37. The van der Waals surface area contributed by atoms with Crippen LogP contribution >= 0.6 is 0 Å². The molecule has 102 valence electrons. The summed E-state index contributed by atoms with van der Waals surface area (Å²) in [6, 6.07) is 7.43. The summed E-state index contributed by atoms with van der Waals surface area (Å²) in [5.74, 6) is 1.01. The third-order valence-corrected chi connectivity index (χ3v) is 2.85. The molecule has 0 aromatic heterocycles. The van der Waals surface area contributed by atoms with E-state index in [2.05, 4.69) is 6.07 Å². The first-order valence-corrected chi connectivity index (χ1v) is 6.20. The van der Waals surface area contributed by atoms with Crippen molar-refractivity contribution in [3.05, 3.63) is 23.8 Å². The summed E-state index contributed by atoms with van der Waals surface area (Å²) in [6.45, 7) is 4.24. The van der Waals surface area contributed by atoms with Crippen molar-refractivity contribution in [1.29, 1.82) is 5.26 Å². The molecular weight excluding hydrogens is 242 g/mol. The van der Waals surface area contributed by atoms with Crippen molar-refractivity contribution < 1.29 is 14.3 Å². The number of aldehydes is 1. The lowest BCUT2D eigenvalue weighted by molar-refractivity contribution is 0.111. The van der Waals surface area contributed by atoms with Crippen molar-refractivity contribution >= 4 is 6.29 Å². The van der Waals surface area contributed by atoms with Crippen molar-refractivity contribution in [2.24, 2.45) is 5.41 Å². The van der Waals surface area contributed by atoms with E-state index in [0.29, 0.717) is 23.7 Å². The molecule has 19 heavy (non-hydrogen) atoms. The average molecular weight is 261 g/mol. The van der Waals surface area contributed by atoms with Gasteiger partial charge in [0.1, 0.15) is 0 Å². The lowest BCUT2D eigenvalue weighted by Gasteiger charge is -2.16. The number of hydrogen-bond acceptors (Lipinski definition) is 4. The molecule has 0 bridgehead atoms. The second-order valence-corrected chi connectivity index (χ2v) is 4.94. The number of rotatable bonds is 7. The van der Waals surface area contributed by atoms with Crippen LogP contribution in [0.15, 0.2) is 18.2 Å². The molecule has 4 heteroatoms. The molecule has 0 aliphatic rings. The number of nitrogens with zero attached hydrogens (tertiary/aromatic N) is 1. The summed E-state index contributed by atoms with van der Waals surface area (Å²) in [5, 5.41) is 8.92. The van der Waals surface area contributed by atoms with E-state index >= 15 is 0 Å². The molecule has 0 aliphatic carbocycles. The van der Waals surface area contributed by atoms with Crippen LogP contribution in [0.2, 0.25) is 0 Å². The summed E-state index contributed by atoms with van der Waals surface area (Å²) in [5.41, 5.74) is 0.122. The smallest absolute Gasteiger partial charge is 0.171 e. The van der Waals surface area contributed by atoms with Crippen molar-refractivity contribution in [3.63, 3.8) is 0 Å². The predicted molar refractivity (Wildman–Crippen MR) is 72.5 cm³/mol. The number of para-hydroxylation sites is 1. The van der Waals surface area contributed by atoms with E-state index in [1.54, 1.807) is 18.2 Å². The minimum atomic E-state index is -0.350. The maximum atomic E-state index is 11.0. The topological polar surface area (TPSA) is 59.3 Å². The summed E-state index contributed by atoms with van der Waals surface area (Å²) in [6.07, 6.45) is 2.24. The third-order valence-electron chi connectivity index (χ3n) is 2.85. The zero-order valence-corrected chi connectivity index (χ0v) is 11.6. The molecule has 0 unspecified atom stereocenters. The highest BCUT2D eigenvalue weighted by molar-refractivity contribution is 5.81. The lowest BCUT2D eigenvalue weighted by atomic mass is 9.90. The fourth-order valence-electron chi connectivity index (χ4n) is 1.69. The Morgan fingerprint density at radius 1 is 1.42 bits per heavy atom. The van der Waals surface area contributed by atoms with Gasteiger partial charge >= 0.3 is 0 Å². The number of benzene rings is 1. The quantitative estimate of drug-likeness (QED) is 0.558. The van der Waals surface area contributed by atoms with Crippen LogP contribution < -0.4 is 9.47 Å². The Bertz CT molecular complexity index is 475. The minimum absolute atomic E-state index is 0.350. The van der Waals surface area contributed by atoms with Gasteiger partial charge in [0.25, 0.3) is 0 Å². The molecule has 1 aromatic rings. The Balaban J connectivity index is 2.63. The van der Waals surface area contributed by atoms with Gasteiger partial charge in [-0.2, -0.15) is 5.26 Å². The zero-order chi connectivity index (χ0) is 14.3. The van der Waals surface area contributed by atoms with Crippen LogP contribution in [0.4, 0.5) is 0 Å². The minimum Gasteiger partial charge on any atom is -0.493 e. The molecule has 0 heterocycles. The molecule has 0 aliphatic heterocycles. The molecular formula is C15H19NO3. The lowest BCUT2D eigenvalue weighted by Crippen LogP contribution is -2.10. The summed E-state index contributed by atoms with van der Waals surface area (Å²) < 4.78 is 10.8. The molecule has 4 nitrogen and oxygen atoms in total. The maximum Gasteiger partial charge on any atom is 0.171 e. The summed E-state index contributed by atoms with van der Waals surface area (Å²) >= 11 is 0. The van der Waals surface area contributed by atoms with Gasteiger partial charge in [0.05, 0.1) is 30.8 Å². The van der Waals surface area contributed by atoms with Crippen LogP contribution in [0.25, 0.3) is 0 Å². The second-order valence-electron chi connectivity index (χ2n) is 4.94. The molecule has 0 fully saturated rings. The number of ether oxygens (including phenoxy) is 2. The van der Waals surface area contributed by atoms with Crippen LogP contribution in [0.5, 0.6) is 11.5 Å². The Hall–Kier alpha value is -2.02. The van der Waals surface area contributed by atoms with E-state index in [4.69, 9.17) is 14.7 Å². The number of methoxy groups -OCH3 is 1. The van der Waals surface area contributed by atoms with E-state index in [9.17, 15) is 4.79 Å². The maximum absolute atomic E-state index is 11.0. The van der Waals surface area contributed by atoms with Gasteiger partial charge in [-0.25, -0.2) is 0 Å². The second kappa shape index (κ2) is 6.79. The number of nitriles is 1. The number of carbonyl (C=O) groups is 1. The molecule has 0 saturated carbocycles. The van der Waals surface area contributed by atoms with Crippen molar-refractivity contribution in [2.45, 2.75) is 26.7 Å². The number of hydrogen-bond donors (Lipinski definition) is 0. The highest BCUT2D eigenvalue weighted by Crippen LogP contribution is 2.30. The largest absolute Gasteiger partial charge is 0.493 e. The summed E-state index contributed by atoms with van der Waals surface area (Å²) in [7, 11) is 1.54. The predicted octanol–water partition coefficient (Wildman–Crippen LogP) is 3.22. The molecule has 0 saturated heterocycles. The Labute approximate surface area is 113 Å². The van der Waals surface area contributed by atoms with E-state index in [-0.39, 0.29) is 5.41 Å². The molecule has 0 atom stereocenters. The van der Waals surface area contributed by atoms with Gasteiger partial charge in [-0.1, -0.05) is 6.07 Å². The van der Waals surface area contributed by atoms with Gasteiger partial charge in [-0.05, 0) is 38.8 Å². The normalized spacial score (nSPS) is 10.6. The van der Waals surface area contributed by atoms with Crippen LogP contribution in [0.3, 0.4) is 0 Å². The standard InChI is InChI=1S/C15H19NO3/c1-15(2,11-16)8-5-9-19-14-12(10-17)6-4-7-13(14)18-3/h4,6-7,10H,5,8-9H2,1-3H3. The molecule has 0 amide bonds. The van der Waals surface area contributed by atoms with Gasteiger partial charge in [0, 0.05) is 0 Å². The molecule has 0 N–H and O–H groups in total. The third kappa shape index (κ3) is 4.29.